The van der Waals surface area contributed by atoms with Crippen molar-refractivity contribution in [2.24, 2.45) is 11.5 Å². The lowest BCUT2D eigenvalue weighted by molar-refractivity contribution is -0.143. The number of unbranched alkanes of at least 4 members (excludes halogenated alkanes) is 14. The number of aliphatic hydroxyl groups is 3. The Morgan fingerprint density at radius 1 is 0.500 bits per heavy atom. The van der Waals surface area contributed by atoms with Crippen LogP contribution in [0.4, 0.5) is 0 Å². The molecule has 5 amide bonds. The minimum atomic E-state index is -1.67. The van der Waals surface area contributed by atoms with E-state index in [1.807, 2.05) is 0 Å². The van der Waals surface area contributed by atoms with Crippen molar-refractivity contribution >= 4 is 41.5 Å². The summed E-state index contributed by atoms with van der Waals surface area (Å²) in [6.07, 6.45) is 14.6. The third-order valence-electron chi connectivity index (χ3n) is 9.61. The molecule has 19 nitrogen and oxygen atoms in total. The number of nitrogens with one attached hydrogen (secondary N) is 5. The molecule has 0 aliphatic heterocycles. The highest BCUT2D eigenvalue weighted by atomic mass is 16.4. The molecule has 0 radical (unpaired) electrons. The van der Waals surface area contributed by atoms with Crippen LogP contribution in [-0.4, -0.2) is 129 Å². The monoisotopic (exact) mass is 862 g/mol. The highest BCUT2D eigenvalue weighted by Crippen LogP contribution is 2.13. The summed E-state index contributed by atoms with van der Waals surface area (Å²) < 4.78 is 0. The summed E-state index contributed by atoms with van der Waals surface area (Å²) in [5.74, 6) is -6.32. The molecule has 0 fully saturated rings. The Bertz CT molecular complexity index is 1220. The van der Waals surface area contributed by atoms with Gasteiger partial charge in [0.05, 0.1) is 18.8 Å². The minimum absolute atomic E-state index is 0.0238. The first-order valence-electron chi connectivity index (χ1n) is 21.8. The van der Waals surface area contributed by atoms with Crippen molar-refractivity contribution in [3.05, 3.63) is 0 Å². The molecule has 0 aliphatic rings. The van der Waals surface area contributed by atoms with Crippen molar-refractivity contribution in [2.45, 2.75) is 199 Å². The molecular formula is C41H79N7O12. The Kier molecular flexibility index (Phi) is 35.8. The average molecular weight is 862 g/mol. The minimum Gasteiger partial charge on any atom is -0.481 e. The van der Waals surface area contributed by atoms with Crippen LogP contribution in [0.25, 0.3) is 0 Å². The number of hydrogen-bond acceptors (Lipinski definition) is 12. The molecule has 0 aliphatic carbocycles. The maximum absolute atomic E-state index is 13.5. The van der Waals surface area contributed by atoms with Gasteiger partial charge in [-0.3, -0.25) is 28.8 Å². The van der Waals surface area contributed by atoms with Crippen LogP contribution in [0.1, 0.15) is 156 Å². The number of rotatable bonds is 35. The lowest BCUT2D eigenvalue weighted by atomic mass is 10.0. The second-order valence-corrected chi connectivity index (χ2v) is 15.3. The summed E-state index contributed by atoms with van der Waals surface area (Å²) in [6.45, 7) is 5.51. The predicted octanol–water partition coefficient (Wildman–Crippen LogP) is 1.08. The van der Waals surface area contributed by atoms with E-state index in [9.17, 15) is 49.2 Å². The number of aliphatic hydroxyl groups excluding tert-OH is 3. The molecule has 0 unspecified atom stereocenters. The first-order valence-corrected chi connectivity index (χ1v) is 21.8. The van der Waals surface area contributed by atoms with Gasteiger partial charge < -0.3 is 63.6 Å². The van der Waals surface area contributed by atoms with E-state index in [1.165, 1.54) is 71.6 Å². The van der Waals surface area contributed by atoms with Gasteiger partial charge >= 0.3 is 5.97 Å². The van der Waals surface area contributed by atoms with Crippen LogP contribution >= 0.6 is 0 Å². The van der Waals surface area contributed by atoms with Gasteiger partial charge in [0, 0.05) is 13.3 Å². The van der Waals surface area contributed by atoms with E-state index in [2.05, 4.69) is 33.5 Å². The zero-order valence-corrected chi connectivity index (χ0v) is 36.6. The number of hydrogen-bond donors (Lipinski definition) is 12. The predicted molar refractivity (Wildman–Crippen MR) is 227 cm³/mol. The molecular weight excluding hydrogens is 782 g/mol. The molecule has 0 aromatic heterocycles. The van der Waals surface area contributed by atoms with Crippen LogP contribution in [0.2, 0.25) is 0 Å². The second kappa shape index (κ2) is 36.9. The summed E-state index contributed by atoms with van der Waals surface area (Å²) in [6, 6.07) is -7.25. The summed E-state index contributed by atoms with van der Waals surface area (Å²) in [5.41, 5.74) is 11.2. The molecule has 0 saturated heterocycles. The molecule has 0 saturated carbocycles. The molecule has 0 bridgehead atoms. The molecule has 0 aromatic carbocycles. The normalized spacial score (nSPS) is 14.4. The second-order valence-electron chi connectivity index (χ2n) is 15.3. The number of nitrogens with two attached hydrogens (primary N) is 2. The number of aliphatic carboxylic acids is 2. The quantitative estimate of drug-likeness (QED) is 0.0397. The summed E-state index contributed by atoms with van der Waals surface area (Å²) in [4.78, 5) is 86.3. The molecule has 14 N–H and O–H groups in total. The van der Waals surface area contributed by atoms with Crippen molar-refractivity contribution in [1.82, 2.24) is 26.6 Å². The largest absolute Gasteiger partial charge is 0.481 e. The Balaban J connectivity index is 0. The van der Waals surface area contributed by atoms with E-state index >= 15 is 0 Å². The van der Waals surface area contributed by atoms with Gasteiger partial charge in [-0.2, -0.15) is 0 Å². The number of carboxylic acid groups (broad SMARTS) is 2. The standard InChI is InChI=1S/C39H75N7O10.C2H4O2/c1-4-5-6-7-8-9-10-11-12-13-14-15-16-23-32(50)42-29(21-17-19-24-40)36(52)45-34(28(3)49)38(54)46-33(27(2)48)37(53)43-30(22-18-20-25-41)35(51)44-31(26-47)39(55)56;1-2(3)4/h27-31,33-34,47-49H,4-26,40-41H2,1-3H3,(H,42,50)(H,43,53)(H,44,51)(H,45,52)(H,46,54)(H,55,56);1H3,(H,3,4)/t27-,28-,29+,30+,31+,33+,34+;/m1./s1. The van der Waals surface area contributed by atoms with Crippen molar-refractivity contribution in [1.29, 1.82) is 0 Å². The van der Waals surface area contributed by atoms with Gasteiger partial charge in [-0.15, -0.1) is 0 Å². The van der Waals surface area contributed by atoms with Crippen molar-refractivity contribution < 1.29 is 59.1 Å². The Morgan fingerprint density at radius 3 is 1.23 bits per heavy atom. The van der Waals surface area contributed by atoms with Gasteiger partial charge in [0.25, 0.3) is 5.97 Å². The number of carbonyl (C=O) groups is 7. The number of carboxylic acids is 2. The maximum atomic E-state index is 13.5. The molecule has 7 atom stereocenters. The third kappa shape index (κ3) is 30.2. The SMILES string of the molecule is CC(=O)O.CCCCCCCCCCCCCCCC(=O)N[C@@H](CCCCN)C(=O)N[C@H](C(=O)N[C@H](C(=O)N[C@@H](CCCCN)C(=O)N[C@@H](CO)C(=O)O)[C@@H](C)O)[C@@H](C)O. The molecule has 0 heterocycles. The van der Waals surface area contributed by atoms with E-state index in [4.69, 9.17) is 21.4 Å². The molecule has 0 aromatic rings. The zero-order chi connectivity index (χ0) is 45.9. The molecule has 19 heteroatoms. The highest BCUT2D eigenvalue weighted by Gasteiger charge is 2.35. The van der Waals surface area contributed by atoms with Gasteiger partial charge in [0.1, 0.15) is 30.2 Å². The van der Waals surface area contributed by atoms with E-state index < -0.39 is 84.6 Å². The zero-order valence-electron chi connectivity index (χ0n) is 36.6. The molecule has 60 heavy (non-hydrogen) atoms. The Hall–Kier alpha value is -3.91. The molecule has 0 spiro atoms. The topological polar surface area (TPSA) is 333 Å². The fraction of sp³-hybridized carbons (Fsp3) is 0.829. The van der Waals surface area contributed by atoms with E-state index in [0.29, 0.717) is 38.6 Å². The van der Waals surface area contributed by atoms with Crippen LogP contribution < -0.4 is 38.1 Å². The average Bonchev–Trinajstić information content (AvgIpc) is 3.18. The first-order chi connectivity index (χ1) is 28.5. The summed E-state index contributed by atoms with van der Waals surface area (Å²) in [7, 11) is 0. The van der Waals surface area contributed by atoms with Crippen molar-refractivity contribution in [2.75, 3.05) is 19.7 Å². The van der Waals surface area contributed by atoms with E-state index in [0.717, 1.165) is 26.2 Å². The van der Waals surface area contributed by atoms with Gasteiger partial charge in [-0.1, -0.05) is 84.0 Å². The van der Waals surface area contributed by atoms with E-state index in [-0.39, 0.29) is 31.7 Å². The van der Waals surface area contributed by atoms with Crippen LogP contribution in [0, 0.1) is 0 Å². The smallest absolute Gasteiger partial charge is 0.328 e. The highest BCUT2D eigenvalue weighted by molar-refractivity contribution is 5.96. The van der Waals surface area contributed by atoms with Gasteiger partial charge in [0.2, 0.25) is 29.5 Å². The Labute approximate surface area is 356 Å². The fourth-order valence-corrected chi connectivity index (χ4v) is 6.12. The van der Waals surface area contributed by atoms with Crippen molar-refractivity contribution in [3.8, 4) is 0 Å². The lowest BCUT2D eigenvalue weighted by Crippen LogP contribution is -2.62. The molecule has 0 rings (SSSR count). The maximum Gasteiger partial charge on any atom is 0.328 e. The fourth-order valence-electron chi connectivity index (χ4n) is 6.12. The van der Waals surface area contributed by atoms with Crippen molar-refractivity contribution in [3.63, 3.8) is 0 Å². The Morgan fingerprint density at radius 2 is 0.850 bits per heavy atom. The van der Waals surface area contributed by atoms with E-state index in [1.54, 1.807) is 0 Å². The lowest BCUT2D eigenvalue weighted by Gasteiger charge is -2.29. The van der Waals surface area contributed by atoms with Crippen LogP contribution in [0.15, 0.2) is 0 Å². The molecule has 350 valence electrons. The number of carbonyl (C=O) groups excluding carboxylic acids is 5. The summed E-state index contributed by atoms with van der Waals surface area (Å²) >= 11 is 0. The van der Waals surface area contributed by atoms with Crippen LogP contribution in [-0.2, 0) is 33.6 Å². The summed E-state index contributed by atoms with van der Waals surface area (Å²) in [5, 5.41) is 59.0. The van der Waals surface area contributed by atoms with Crippen LogP contribution in [0.3, 0.4) is 0 Å². The first kappa shape index (κ1) is 58.2. The third-order valence-corrected chi connectivity index (χ3v) is 9.61. The van der Waals surface area contributed by atoms with Crippen LogP contribution in [0.5, 0.6) is 0 Å². The van der Waals surface area contributed by atoms with Gasteiger partial charge in [-0.05, 0) is 71.9 Å². The number of amides is 5. The van der Waals surface area contributed by atoms with Gasteiger partial charge in [0.15, 0.2) is 0 Å². The van der Waals surface area contributed by atoms with Gasteiger partial charge in [-0.25, -0.2) is 4.79 Å².